The lowest BCUT2D eigenvalue weighted by atomic mass is 10.00. The van der Waals surface area contributed by atoms with Crippen LogP contribution in [0.4, 0.5) is 0 Å². The molecule has 3 aromatic heterocycles. The summed E-state index contributed by atoms with van der Waals surface area (Å²) in [5.41, 5.74) is 14.2. The molecule has 0 unspecified atom stereocenters. The molecule has 40 nitrogen and oxygen atoms in total. The topological polar surface area (TPSA) is 579 Å². The summed E-state index contributed by atoms with van der Waals surface area (Å²) in [5, 5.41) is 49.2. The van der Waals surface area contributed by atoms with Crippen molar-refractivity contribution in [3.8, 4) is 5.75 Å². The number of rotatable bonds is 22. The van der Waals surface area contributed by atoms with Crippen molar-refractivity contribution in [2.75, 3.05) is 58.9 Å². The Labute approximate surface area is 750 Å². The van der Waals surface area contributed by atoms with E-state index in [0.29, 0.717) is 64.2 Å². The van der Waals surface area contributed by atoms with E-state index >= 15 is 33.6 Å². The van der Waals surface area contributed by atoms with Gasteiger partial charge < -0.3 is 114 Å². The van der Waals surface area contributed by atoms with Crippen LogP contribution in [0.2, 0.25) is 0 Å². The molecule has 9 rings (SSSR count). The molecule has 17 amide bonds. The number of primary amides is 2. The second-order valence-electron chi connectivity index (χ2n) is 33.4. The molecule has 0 radical (unpaired) electrons. The first kappa shape index (κ1) is 99.8. The van der Waals surface area contributed by atoms with Gasteiger partial charge in [0.25, 0.3) is 0 Å². The number of likely N-dealkylation sites (N-methyl/N-ethyl adjacent to an activating group) is 3. The van der Waals surface area contributed by atoms with Gasteiger partial charge in [-0.3, -0.25) is 81.5 Å². The van der Waals surface area contributed by atoms with Gasteiger partial charge in [-0.25, -0.2) is 4.98 Å². The molecule has 3 aliphatic rings. The second-order valence-corrected chi connectivity index (χ2v) is 34.5. The van der Waals surface area contributed by atoms with Crippen LogP contribution in [0.3, 0.4) is 0 Å². The van der Waals surface area contributed by atoms with Gasteiger partial charge in [-0.2, -0.15) is 0 Å². The molecule has 0 bridgehead atoms. The number of imidazole rings is 1. The van der Waals surface area contributed by atoms with Crippen molar-refractivity contribution in [3.63, 3.8) is 0 Å². The fraction of sp³-hybridized carbons (Fsp3) is 0.523. The van der Waals surface area contributed by atoms with E-state index in [9.17, 15) is 58.2 Å². The number of nitrogens with one attached hydrogen (secondary N) is 13. The lowest BCUT2D eigenvalue weighted by Gasteiger charge is -2.36. The highest BCUT2D eigenvalue weighted by molar-refractivity contribution is 8.00. The lowest BCUT2D eigenvalue weighted by Crippen LogP contribution is -2.61. The molecule has 3 saturated heterocycles. The minimum absolute atomic E-state index is 0.0000609. The van der Waals surface area contributed by atoms with E-state index in [-0.39, 0.29) is 101 Å². The Morgan fingerprint density at radius 3 is 1.58 bits per heavy atom. The predicted octanol–water partition coefficient (Wildman–Crippen LogP) is -1.14. The second kappa shape index (κ2) is 47.2. The number of thioether (sulfide) groups is 1. The van der Waals surface area contributed by atoms with Crippen LogP contribution in [0.15, 0.2) is 97.7 Å². The van der Waals surface area contributed by atoms with Gasteiger partial charge in [-0.1, -0.05) is 102 Å². The number of carbonyl (C=O) groups excluding carboxylic acids is 17. The smallest absolute Gasteiger partial charge is 0.246 e. The van der Waals surface area contributed by atoms with E-state index in [4.69, 9.17) is 11.5 Å². The number of unbranched alkanes of at least 4 members (excludes halogenated alkanes) is 2. The summed E-state index contributed by atoms with van der Waals surface area (Å²) in [6, 6.07) is -0.860. The molecule has 3 fully saturated rings. The van der Waals surface area contributed by atoms with Crippen molar-refractivity contribution in [1.29, 1.82) is 0 Å². The molecule has 41 heteroatoms. The van der Waals surface area contributed by atoms with Gasteiger partial charge in [0.05, 0.1) is 37.3 Å². The number of aromatic hydroxyl groups is 1. The van der Waals surface area contributed by atoms with Gasteiger partial charge in [0.2, 0.25) is 100 Å². The zero-order valence-corrected chi connectivity index (χ0v) is 74.9. The van der Waals surface area contributed by atoms with E-state index in [1.54, 1.807) is 74.8 Å². The molecule has 6 aromatic rings. The third kappa shape index (κ3) is 27.1. The molecule has 698 valence electrons. The Morgan fingerprint density at radius 2 is 1.03 bits per heavy atom. The Kier molecular flexibility index (Phi) is 36.5. The molecule has 0 aliphatic carbocycles. The quantitative estimate of drug-likeness (QED) is 0.0382. The van der Waals surface area contributed by atoms with E-state index in [1.165, 1.54) is 81.6 Å². The van der Waals surface area contributed by atoms with Crippen molar-refractivity contribution in [2.45, 2.75) is 229 Å². The van der Waals surface area contributed by atoms with Gasteiger partial charge in [-0.05, 0) is 106 Å². The summed E-state index contributed by atoms with van der Waals surface area (Å²) < 4.78 is 0. The first-order chi connectivity index (χ1) is 61.5. The Bertz CT molecular complexity index is 5000. The van der Waals surface area contributed by atoms with Gasteiger partial charge in [-0.15, -0.1) is 11.8 Å². The van der Waals surface area contributed by atoms with E-state index in [2.05, 4.69) is 73.1 Å². The third-order valence-corrected chi connectivity index (χ3v) is 24.5. The molecular formula is C88H121N21O19S. The van der Waals surface area contributed by atoms with Crippen LogP contribution < -0.4 is 64.6 Å². The summed E-state index contributed by atoms with van der Waals surface area (Å²) in [5.74, 6) is -16.5. The number of aliphatic hydroxyl groups excluding tert-OH is 1. The molecule has 0 saturated carbocycles. The molecule has 129 heavy (non-hydrogen) atoms. The van der Waals surface area contributed by atoms with E-state index in [1.807, 2.05) is 13.8 Å². The largest absolute Gasteiger partial charge is 0.508 e. The van der Waals surface area contributed by atoms with Crippen molar-refractivity contribution in [2.24, 2.45) is 17.4 Å². The van der Waals surface area contributed by atoms with Gasteiger partial charge in [0.1, 0.15) is 90.3 Å². The van der Waals surface area contributed by atoms with Crippen LogP contribution >= 0.6 is 11.8 Å². The number of nitrogens with zero attached hydrogens (tertiary/aromatic N) is 6. The average Bonchev–Trinajstić information content (AvgIpc) is 1.76. The van der Waals surface area contributed by atoms with E-state index < -0.39 is 216 Å². The number of hydrogen-bond donors (Lipinski definition) is 17. The molecule has 3 aromatic carbocycles. The number of phenolic OH excluding ortho intramolecular Hbond substituents is 1. The number of carbonyl (C=O) groups is 17. The monoisotopic (exact) mass is 1810 g/mol. The van der Waals surface area contributed by atoms with E-state index in [0.717, 1.165) is 26.5 Å². The first-order valence-corrected chi connectivity index (χ1v) is 44.7. The first-order valence-electron chi connectivity index (χ1n) is 43.5. The number of aliphatic hydroxyl groups is 1. The summed E-state index contributed by atoms with van der Waals surface area (Å²) in [4.78, 5) is 267. The maximum Gasteiger partial charge on any atom is 0.246 e. The normalized spacial score (nSPS) is 24.8. The van der Waals surface area contributed by atoms with Crippen LogP contribution in [0.25, 0.3) is 21.8 Å². The number of para-hydroxylation sites is 2. The van der Waals surface area contributed by atoms with Gasteiger partial charge >= 0.3 is 0 Å². The molecule has 6 heterocycles. The van der Waals surface area contributed by atoms with Crippen LogP contribution in [0, 0.1) is 5.92 Å². The van der Waals surface area contributed by atoms with Crippen LogP contribution in [0.1, 0.15) is 141 Å². The Balaban J connectivity index is 1.07. The van der Waals surface area contributed by atoms with Crippen molar-refractivity contribution in [3.05, 3.63) is 120 Å². The average molecular weight is 1810 g/mol. The minimum Gasteiger partial charge on any atom is -0.508 e. The number of fused-ring (bicyclic) bond motifs is 4. The zero-order valence-electron chi connectivity index (χ0n) is 74.0. The summed E-state index contributed by atoms with van der Waals surface area (Å²) >= 11 is 0.789. The standard InChI is InChI=1S/C88H121N21O19S/c1-10-12-24-68-81(121)96-49(5)75(115)104-67(77(117)94-43-73(90)113)45-129-46-74(114)97-63(35-51-28-30-55(111)31-29-51)84(124)105(7)50(6)76(116)100-65(39-72(89)112)87(127)109-33-19-27-70(109)83(123)99-61(38-54-42-91-47-95-54)79(119)101-62(34-48(3)4)86(126)108-32-18-26-69(108)82(122)98-60(36-52-40-92-58-22-16-14-20-56(52)58)78(118)103-66(44-110)80(120)102-64(37-53-41-93-59-23-17-15-21-57(53)59)85(125)107(9)71(25-13-11-2)88(128)106(68)8/h14-17,20-23,28-31,40-42,47-50,60-71,92-93,110-111H,10-13,18-19,24-27,32-39,43-46H2,1-9H3,(H2,89,112)(H2,90,113)(H,91,95)(H,94,117)(H,96,121)(H,97,114)(H,98,122)(H,99,123)(H,100,116)(H,101,119)(H,102,120)(H,103,118)(H,104,115)/t49-,50-,60-,61-,62-,63-,64-,65-,66-,67-,68-,69-,70-,71-/m0/s1. The highest BCUT2D eigenvalue weighted by Gasteiger charge is 2.45. The molecular weight excluding hydrogens is 1690 g/mol. The highest BCUT2D eigenvalue weighted by atomic mass is 32.2. The molecule has 0 spiro atoms. The van der Waals surface area contributed by atoms with Crippen molar-refractivity contribution >= 4 is 134 Å². The zero-order chi connectivity index (χ0) is 94.0. The van der Waals surface area contributed by atoms with Crippen LogP contribution in [0.5, 0.6) is 5.75 Å². The predicted molar refractivity (Wildman–Crippen MR) is 475 cm³/mol. The molecule has 14 atom stereocenters. The van der Waals surface area contributed by atoms with Gasteiger partial charge in [0.15, 0.2) is 0 Å². The van der Waals surface area contributed by atoms with Crippen molar-refractivity contribution < 1.29 is 91.7 Å². The fourth-order valence-corrected chi connectivity index (χ4v) is 17.0. The number of amides is 17. The number of hydrogen-bond acceptors (Lipinski definition) is 21. The summed E-state index contributed by atoms with van der Waals surface area (Å²) in [6.07, 6.45) is 6.76. The third-order valence-electron chi connectivity index (χ3n) is 23.4. The molecule has 3 aliphatic heterocycles. The SMILES string of the molecule is CCCC[C@H]1C(=O)N(C)[C@@H](CCCC)C(=O)N[C@@H](C)C(=O)N[C@H](C(=O)NCC(N)=O)CSCC(=O)N[C@@H](Cc2ccc(O)cc2)C(=O)N(C)[C@@H](C)C(=O)N[C@@H](CC(N)=O)C(=O)N2CCC[C@H]2C(=O)N[C@@H](Cc2c[nH]cn2)C(=O)N[C@@H](CC(C)C)C(=O)N2CCC[C@H]2C(=O)N[C@@H](Cc2c[nH]c3ccccc23)C(=O)N[C@@H](CO)C(=O)N[C@@H](Cc2c[nH]c3ccccc23)C(=O)N1C. The lowest BCUT2D eigenvalue weighted by molar-refractivity contribution is -0.149. The number of H-pyrrole nitrogens is 3. The number of aromatic amines is 3. The number of phenols is 1. The van der Waals surface area contributed by atoms with Crippen LogP contribution in [-0.2, 0) is 107 Å². The highest BCUT2D eigenvalue weighted by Crippen LogP contribution is 2.28. The van der Waals surface area contributed by atoms with Gasteiger partial charge in [0, 0.05) is 106 Å². The Hall–Kier alpha value is -13.0. The fourth-order valence-electron chi connectivity index (χ4n) is 16.1. The minimum atomic E-state index is -1.83. The number of aromatic nitrogens is 4. The van der Waals surface area contributed by atoms with Crippen molar-refractivity contribution in [1.82, 2.24) is 97.6 Å². The number of nitrogens with two attached hydrogens (primary N) is 2. The maximum atomic E-state index is 15.6. The molecule has 19 N–H and O–H groups in total. The Morgan fingerprint density at radius 1 is 0.527 bits per heavy atom. The summed E-state index contributed by atoms with van der Waals surface area (Å²) in [6.45, 7) is 8.07. The summed E-state index contributed by atoms with van der Waals surface area (Å²) in [7, 11) is 3.97. The maximum absolute atomic E-state index is 15.6. The van der Waals surface area contributed by atoms with Crippen LogP contribution in [-0.4, -0.2) is 299 Å². The number of benzene rings is 3.